The van der Waals surface area contributed by atoms with Crippen LogP contribution in [-0.2, 0) is 0 Å². The van der Waals surface area contributed by atoms with E-state index in [4.69, 9.17) is 0 Å². The maximum Gasteiger partial charge on any atom is 0.114 e. The van der Waals surface area contributed by atoms with Crippen LogP contribution in [0.3, 0.4) is 0 Å². The molecule has 1 aliphatic rings. The molecule has 0 amide bonds. The molecule has 1 aliphatic heterocycles. The lowest BCUT2D eigenvalue weighted by molar-refractivity contribution is -0.177. The van der Waals surface area contributed by atoms with Gasteiger partial charge in [-0.1, -0.05) is 6.08 Å². The highest BCUT2D eigenvalue weighted by Gasteiger charge is 2.45. The van der Waals surface area contributed by atoms with Gasteiger partial charge in [0.05, 0.1) is 6.10 Å². The first-order valence-corrected chi connectivity index (χ1v) is 3.80. The van der Waals surface area contributed by atoms with E-state index >= 15 is 0 Å². The van der Waals surface area contributed by atoms with Crippen LogP contribution in [0.15, 0.2) is 12.7 Å². The monoisotopic (exact) mass is 157 g/mol. The van der Waals surface area contributed by atoms with Crippen LogP contribution in [0.2, 0.25) is 0 Å². The van der Waals surface area contributed by atoms with Crippen LogP contribution in [0.4, 0.5) is 0 Å². The van der Waals surface area contributed by atoms with Gasteiger partial charge in [-0.3, -0.25) is 4.90 Å². The Morgan fingerprint density at radius 2 is 2.18 bits per heavy atom. The molecule has 0 aromatic heterocycles. The van der Waals surface area contributed by atoms with Crippen LogP contribution in [-0.4, -0.2) is 40.5 Å². The fourth-order valence-corrected chi connectivity index (χ4v) is 1.65. The minimum atomic E-state index is -0.516. The van der Waals surface area contributed by atoms with Crippen LogP contribution in [0.1, 0.15) is 6.92 Å². The lowest BCUT2D eigenvalue weighted by Gasteiger charge is -2.50. The minimum Gasteiger partial charge on any atom is -0.393 e. The number of aliphatic hydroxyl groups is 2. The molecule has 3 nitrogen and oxygen atoms in total. The first-order valence-electron chi connectivity index (χ1n) is 3.80. The summed E-state index contributed by atoms with van der Waals surface area (Å²) in [5.74, 6) is -0.0718. The molecule has 3 heteroatoms. The third kappa shape index (κ3) is 1.20. The predicted octanol–water partition coefficient (Wildman–Crippen LogP) is -0.198. The Kier molecular flexibility index (Phi) is 2.32. The zero-order valence-corrected chi connectivity index (χ0v) is 6.94. The Labute approximate surface area is 66.9 Å². The molecule has 1 saturated heterocycles. The Balaban J connectivity index is 2.60. The Bertz CT molecular complexity index is 158. The van der Waals surface area contributed by atoms with Crippen molar-refractivity contribution in [2.24, 2.45) is 5.92 Å². The summed E-state index contributed by atoms with van der Waals surface area (Å²) in [7, 11) is 1.82. The minimum absolute atomic E-state index is 0.0718. The number of hydrogen-bond acceptors (Lipinski definition) is 3. The molecule has 0 aromatic carbocycles. The summed E-state index contributed by atoms with van der Waals surface area (Å²) in [4.78, 5) is 1.78. The first-order chi connectivity index (χ1) is 5.09. The van der Waals surface area contributed by atoms with Gasteiger partial charge < -0.3 is 10.2 Å². The SMILES string of the molecule is C=CC1C(C(C)O)C(O)N1C. The maximum absolute atomic E-state index is 9.37. The topological polar surface area (TPSA) is 43.7 Å². The summed E-state index contributed by atoms with van der Waals surface area (Å²) in [5.41, 5.74) is 0. The van der Waals surface area contributed by atoms with Gasteiger partial charge in [0.15, 0.2) is 0 Å². The predicted molar refractivity (Wildman–Crippen MR) is 42.9 cm³/mol. The van der Waals surface area contributed by atoms with E-state index in [0.29, 0.717) is 0 Å². The van der Waals surface area contributed by atoms with Crippen LogP contribution < -0.4 is 0 Å². The van der Waals surface area contributed by atoms with Crippen molar-refractivity contribution < 1.29 is 10.2 Å². The van der Waals surface area contributed by atoms with Gasteiger partial charge in [0, 0.05) is 12.0 Å². The van der Waals surface area contributed by atoms with Gasteiger partial charge >= 0.3 is 0 Å². The van der Waals surface area contributed by atoms with Gasteiger partial charge in [-0.25, -0.2) is 0 Å². The Hall–Kier alpha value is -0.380. The summed E-state index contributed by atoms with van der Waals surface area (Å²) in [5, 5.41) is 18.6. The molecule has 1 fully saturated rings. The largest absolute Gasteiger partial charge is 0.393 e. The van der Waals surface area contributed by atoms with Crippen molar-refractivity contribution >= 4 is 0 Å². The highest BCUT2D eigenvalue weighted by Crippen LogP contribution is 2.32. The van der Waals surface area contributed by atoms with Crippen LogP contribution >= 0.6 is 0 Å². The van der Waals surface area contributed by atoms with Crippen LogP contribution in [0, 0.1) is 5.92 Å². The van der Waals surface area contributed by atoms with E-state index in [-0.39, 0.29) is 12.0 Å². The third-order valence-electron chi connectivity index (χ3n) is 2.42. The fourth-order valence-electron chi connectivity index (χ4n) is 1.65. The van der Waals surface area contributed by atoms with Crippen molar-refractivity contribution in [3.05, 3.63) is 12.7 Å². The van der Waals surface area contributed by atoms with Gasteiger partial charge in [0.1, 0.15) is 6.23 Å². The van der Waals surface area contributed by atoms with E-state index in [0.717, 1.165) is 0 Å². The summed E-state index contributed by atoms with van der Waals surface area (Å²) in [6.07, 6.45) is 0.770. The Morgan fingerprint density at radius 3 is 2.45 bits per heavy atom. The average Bonchev–Trinajstić information content (AvgIpc) is 1.96. The highest BCUT2D eigenvalue weighted by molar-refractivity contribution is 5.04. The molecule has 64 valence electrons. The second-order valence-electron chi connectivity index (χ2n) is 3.12. The molecule has 1 heterocycles. The number of likely N-dealkylation sites (N-methyl/N-ethyl adjacent to an activating group) is 1. The molecule has 0 aliphatic carbocycles. The van der Waals surface area contributed by atoms with Gasteiger partial charge in [-0.05, 0) is 14.0 Å². The third-order valence-corrected chi connectivity index (χ3v) is 2.42. The number of hydrogen-bond donors (Lipinski definition) is 2. The van der Waals surface area contributed by atoms with Crippen molar-refractivity contribution in [1.29, 1.82) is 0 Å². The quantitative estimate of drug-likeness (QED) is 0.546. The molecule has 1 rings (SSSR count). The molecule has 11 heavy (non-hydrogen) atoms. The van der Waals surface area contributed by atoms with Crippen molar-refractivity contribution in [2.45, 2.75) is 25.3 Å². The smallest absolute Gasteiger partial charge is 0.114 e. The van der Waals surface area contributed by atoms with Crippen LogP contribution in [0.25, 0.3) is 0 Å². The molecular weight excluding hydrogens is 142 g/mol. The summed E-state index contributed by atoms with van der Waals surface area (Å²) < 4.78 is 0. The van der Waals surface area contributed by atoms with Gasteiger partial charge in [-0.2, -0.15) is 0 Å². The van der Waals surface area contributed by atoms with E-state index in [1.165, 1.54) is 0 Å². The first kappa shape index (κ1) is 8.71. The molecule has 2 N–H and O–H groups in total. The van der Waals surface area contributed by atoms with E-state index in [1.54, 1.807) is 17.9 Å². The zero-order valence-electron chi connectivity index (χ0n) is 6.94. The van der Waals surface area contributed by atoms with Gasteiger partial charge in [-0.15, -0.1) is 6.58 Å². The highest BCUT2D eigenvalue weighted by atomic mass is 16.3. The van der Waals surface area contributed by atoms with Crippen molar-refractivity contribution in [1.82, 2.24) is 4.90 Å². The van der Waals surface area contributed by atoms with Gasteiger partial charge in [0.2, 0.25) is 0 Å². The van der Waals surface area contributed by atoms with E-state index in [9.17, 15) is 10.2 Å². The molecule has 4 atom stereocenters. The number of aliphatic hydroxyl groups excluding tert-OH is 2. The van der Waals surface area contributed by atoms with Crippen LogP contribution in [0.5, 0.6) is 0 Å². The number of rotatable bonds is 2. The zero-order chi connectivity index (χ0) is 8.59. The molecule has 0 spiro atoms. The van der Waals surface area contributed by atoms with Crippen molar-refractivity contribution in [3.63, 3.8) is 0 Å². The molecular formula is C8H15NO2. The second-order valence-corrected chi connectivity index (χ2v) is 3.12. The standard InChI is InChI=1S/C8H15NO2/c1-4-6-7(5(2)10)8(11)9(6)3/h4-8,10-11H,1H2,2-3H3. The van der Waals surface area contributed by atoms with E-state index in [2.05, 4.69) is 6.58 Å². The Morgan fingerprint density at radius 1 is 1.64 bits per heavy atom. The molecule has 0 aromatic rings. The lowest BCUT2D eigenvalue weighted by atomic mass is 9.83. The lowest BCUT2D eigenvalue weighted by Crippen LogP contribution is -2.64. The normalized spacial score (nSPS) is 41.3. The van der Waals surface area contributed by atoms with E-state index in [1.807, 2.05) is 7.05 Å². The summed E-state index contributed by atoms with van der Waals surface area (Å²) >= 11 is 0. The molecule has 0 radical (unpaired) electrons. The second kappa shape index (κ2) is 2.93. The number of likely N-dealkylation sites (tertiary alicyclic amines) is 1. The van der Waals surface area contributed by atoms with Crippen molar-refractivity contribution in [3.8, 4) is 0 Å². The molecule has 0 saturated carbocycles. The van der Waals surface area contributed by atoms with Crippen molar-refractivity contribution in [2.75, 3.05) is 7.05 Å². The summed E-state index contributed by atoms with van der Waals surface area (Å²) in [6.45, 7) is 5.33. The molecule has 4 unspecified atom stereocenters. The molecule has 0 bridgehead atoms. The van der Waals surface area contributed by atoms with Gasteiger partial charge in [0.25, 0.3) is 0 Å². The average molecular weight is 157 g/mol. The maximum atomic E-state index is 9.37. The fraction of sp³-hybridized carbons (Fsp3) is 0.750. The number of nitrogens with zero attached hydrogens (tertiary/aromatic N) is 1. The van der Waals surface area contributed by atoms with E-state index < -0.39 is 12.3 Å². The summed E-state index contributed by atoms with van der Waals surface area (Å²) in [6, 6.07) is 0.116.